The van der Waals surface area contributed by atoms with Gasteiger partial charge in [0.1, 0.15) is 11.6 Å². The highest BCUT2D eigenvalue weighted by Crippen LogP contribution is 2.40. The van der Waals surface area contributed by atoms with Crippen molar-refractivity contribution in [2.45, 2.75) is 4.83 Å². The number of alkyl halides is 1. The molecule has 0 amide bonds. The third-order valence-electron chi connectivity index (χ3n) is 2.19. The highest BCUT2D eigenvalue weighted by Gasteiger charge is 2.20. The third-order valence-corrected chi connectivity index (χ3v) is 5.47. The second-order valence-corrected chi connectivity index (χ2v) is 6.41. The zero-order valence-electron chi connectivity index (χ0n) is 8.18. The molecule has 0 aliphatic rings. The molecule has 0 N–H and O–H groups in total. The molecular formula is C11H5Br2ClF2S. The molecule has 1 unspecified atom stereocenters. The summed E-state index contributed by atoms with van der Waals surface area (Å²) >= 11 is 13.6. The molecule has 1 atom stereocenters. The molecule has 0 fully saturated rings. The summed E-state index contributed by atoms with van der Waals surface area (Å²) in [5, 5.41) is 2.35. The average Bonchev–Trinajstić information content (AvgIpc) is 2.69. The Kier molecular flexibility index (Phi) is 4.23. The molecule has 0 nitrogen and oxygen atoms in total. The van der Waals surface area contributed by atoms with E-state index in [0.29, 0.717) is 5.02 Å². The summed E-state index contributed by atoms with van der Waals surface area (Å²) in [5.41, 5.74) is 0.232. The van der Waals surface area contributed by atoms with E-state index in [1.165, 1.54) is 11.3 Å². The van der Waals surface area contributed by atoms with Gasteiger partial charge in [-0.1, -0.05) is 27.5 Å². The summed E-state index contributed by atoms with van der Waals surface area (Å²) in [4.78, 5) is 0.310. The predicted octanol–water partition coefficient (Wildman–Crippen LogP) is 5.93. The minimum atomic E-state index is -0.501. The van der Waals surface area contributed by atoms with Crippen LogP contribution in [0.1, 0.15) is 15.3 Å². The van der Waals surface area contributed by atoms with Gasteiger partial charge in [0, 0.05) is 10.4 Å². The Morgan fingerprint density at radius 2 is 1.94 bits per heavy atom. The van der Waals surface area contributed by atoms with Crippen LogP contribution < -0.4 is 0 Å². The van der Waals surface area contributed by atoms with E-state index in [0.717, 1.165) is 17.0 Å². The molecule has 17 heavy (non-hydrogen) atoms. The monoisotopic (exact) mass is 400 g/mol. The standard InChI is InChI=1S/C11H5Br2ClF2S/c12-6-4-8(15)5(3-9(6)16)10(13)11-7(14)1-2-17-11/h1-4,10H. The lowest BCUT2D eigenvalue weighted by atomic mass is 10.1. The lowest BCUT2D eigenvalue weighted by molar-refractivity contribution is 0.583. The van der Waals surface area contributed by atoms with Gasteiger partial charge in [0.2, 0.25) is 0 Å². The second-order valence-electron chi connectivity index (χ2n) is 3.28. The van der Waals surface area contributed by atoms with Crippen LogP contribution >= 0.6 is 54.8 Å². The van der Waals surface area contributed by atoms with Crippen molar-refractivity contribution in [2.75, 3.05) is 0 Å². The normalized spacial score (nSPS) is 12.8. The molecule has 0 aliphatic heterocycles. The Balaban J connectivity index is 2.48. The van der Waals surface area contributed by atoms with E-state index in [4.69, 9.17) is 11.6 Å². The van der Waals surface area contributed by atoms with E-state index >= 15 is 0 Å². The van der Waals surface area contributed by atoms with Gasteiger partial charge < -0.3 is 0 Å². The van der Waals surface area contributed by atoms with Crippen molar-refractivity contribution in [3.63, 3.8) is 0 Å². The van der Waals surface area contributed by atoms with Gasteiger partial charge >= 0.3 is 0 Å². The van der Waals surface area contributed by atoms with Crippen LogP contribution in [0.3, 0.4) is 0 Å². The summed E-state index contributed by atoms with van der Waals surface area (Å²) in [7, 11) is 0. The molecule has 1 aromatic heterocycles. The second kappa shape index (κ2) is 5.34. The zero-order chi connectivity index (χ0) is 12.6. The quantitative estimate of drug-likeness (QED) is 0.432. The van der Waals surface area contributed by atoms with Gasteiger partial charge in [-0.15, -0.1) is 11.3 Å². The van der Waals surface area contributed by atoms with E-state index in [2.05, 4.69) is 31.9 Å². The van der Waals surface area contributed by atoms with Crippen LogP contribution in [0.15, 0.2) is 28.1 Å². The summed E-state index contributed by atoms with van der Waals surface area (Å²) in [6, 6.07) is 4.00. The Morgan fingerprint density at radius 1 is 1.24 bits per heavy atom. The topological polar surface area (TPSA) is 0 Å². The Hall–Kier alpha value is 0.0300. The number of thiophene rings is 1. The highest BCUT2D eigenvalue weighted by atomic mass is 79.9. The zero-order valence-corrected chi connectivity index (χ0v) is 12.9. The summed E-state index contributed by atoms with van der Waals surface area (Å²) in [6.07, 6.45) is 0. The Morgan fingerprint density at radius 3 is 2.53 bits per heavy atom. The smallest absolute Gasteiger partial charge is 0.137 e. The lowest BCUT2D eigenvalue weighted by Gasteiger charge is -2.11. The predicted molar refractivity (Wildman–Crippen MR) is 74.2 cm³/mol. The maximum Gasteiger partial charge on any atom is 0.137 e. The van der Waals surface area contributed by atoms with Crippen molar-refractivity contribution in [1.82, 2.24) is 0 Å². The fraction of sp³-hybridized carbons (Fsp3) is 0.0909. The molecule has 0 radical (unpaired) electrons. The fourth-order valence-electron chi connectivity index (χ4n) is 1.36. The molecule has 1 aromatic carbocycles. The van der Waals surface area contributed by atoms with E-state index in [1.807, 2.05) is 0 Å². The van der Waals surface area contributed by atoms with Crippen molar-refractivity contribution in [1.29, 1.82) is 0 Å². The van der Waals surface area contributed by atoms with Crippen molar-refractivity contribution in [3.05, 3.63) is 55.1 Å². The Bertz CT molecular complexity index is 556. The summed E-state index contributed by atoms with van der Waals surface area (Å²) in [5.74, 6) is -0.983. The van der Waals surface area contributed by atoms with Gasteiger partial charge in [-0.05, 0) is 39.5 Å². The lowest BCUT2D eigenvalue weighted by Crippen LogP contribution is -1.97. The van der Waals surface area contributed by atoms with Crippen molar-refractivity contribution >= 4 is 54.8 Å². The molecule has 0 saturated heterocycles. The first kappa shape index (κ1) is 13.5. The van der Waals surface area contributed by atoms with Crippen LogP contribution in [0.5, 0.6) is 0 Å². The molecule has 0 saturated carbocycles. The van der Waals surface area contributed by atoms with E-state index in [-0.39, 0.29) is 10.0 Å². The number of rotatable bonds is 2. The molecule has 90 valence electrons. The van der Waals surface area contributed by atoms with Crippen LogP contribution in [-0.4, -0.2) is 0 Å². The first-order valence-corrected chi connectivity index (χ1v) is 7.48. The van der Waals surface area contributed by atoms with Crippen molar-refractivity contribution < 1.29 is 8.78 Å². The van der Waals surface area contributed by atoms with Crippen LogP contribution in [0.25, 0.3) is 0 Å². The minimum absolute atomic E-state index is 0.107. The number of hydrogen-bond acceptors (Lipinski definition) is 1. The van der Waals surface area contributed by atoms with Crippen molar-refractivity contribution in [3.8, 4) is 0 Å². The van der Waals surface area contributed by atoms with Gasteiger partial charge in [-0.2, -0.15) is 0 Å². The molecule has 2 rings (SSSR count). The van der Waals surface area contributed by atoms with E-state index < -0.39 is 16.5 Å². The van der Waals surface area contributed by atoms with Gasteiger partial charge in [0.25, 0.3) is 0 Å². The van der Waals surface area contributed by atoms with Crippen LogP contribution in [-0.2, 0) is 0 Å². The number of hydrogen-bond donors (Lipinski definition) is 0. The van der Waals surface area contributed by atoms with Gasteiger partial charge in [-0.25, -0.2) is 8.78 Å². The SMILES string of the molecule is Fc1cc(C(Br)c2sccc2Cl)c(F)cc1Br. The molecular weight excluding hydrogens is 397 g/mol. The van der Waals surface area contributed by atoms with Gasteiger partial charge in [0.05, 0.1) is 14.3 Å². The molecule has 6 heteroatoms. The molecule has 1 heterocycles. The van der Waals surface area contributed by atoms with Gasteiger partial charge in [0.15, 0.2) is 0 Å². The maximum atomic E-state index is 13.7. The fourth-order valence-corrected chi connectivity index (χ4v) is 3.89. The van der Waals surface area contributed by atoms with E-state index in [1.54, 1.807) is 11.4 Å². The number of halogens is 5. The average molecular weight is 402 g/mol. The van der Waals surface area contributed by atoms with Crippen LogP contribution in [0, 0.1) is 11.6 Å². The minimum Gasteiger partial charge on any atom is -0.207 e. The summed E-state index contributed by atoms with van der Waals surface area (Å²) < 4.78 is 27.2. The molecule has 0 bridgehead atoms. The molecule has 0 spiro atoms. The molecule has 2 aromatic rings. The largest absolute Gasteiger partial charge is 0.207 e. The van der Waals surface area contributed by atoms with E-state index in [9.17, 15) is 8.78 Å². The third kappa shape index (κ3) is 2.72. The number of benzene rings is 1. The van der Waals surface area contributed by atoms with Crippen molar-refractivity contribution in [2.24, 2.45) is 0 Å². The molecule has 0 aliphatic carbocycles. The highest BCUT2D eigenvalue weighted by molar-refractivity contribution is 9.10. The maximum absolute atomic E-state index is 13.7. The summed E-state index contributed by atoms with van der Waals surface area (Å²) in [6.45, 7) is 0. The first-order valence-electron chi connectivity index (χ1n) is 4.52. The van der Waals surface area contributed by atoms with Gasteiger partial charge in [-0.3, -0.25) is 0 Å². The van der Waals surface area contributed by atoms with Crippen LogP contribution in [0.2, 0.25) is 5.02 Å². The Labute approximate surface area is 123 Å². The first-order chi connectivity index (χ1) is 8.00. The van der Waals surface area contributed by atoms with Crippen LogP contribution in [0.4, 0.5) is 8.78 Å².